The van der Waals surface area contributed by atoms with Crippen LogP contribution in [0.15, 0.2) is 18.2 Å². The molecule has 0 bridgehead atoms. The van der Waals surface area contributed by atoms with E-state index in [4.69, 9.17) is 4.74 Å². The Labute approximate surface area is 154 Å². The number of imidazole rings is 1. The van der Waals surface area contributed by atoms with Crippen molar-refractivity contribution < 1.29 is 22.7 Å². The number of nitrogens with zero attached hydrogens (tertiary/aromatic N) is 2. The number of carbonyl (C=O) groups is 1. The summed E-state index contributed by atoms with van der Waals surface area (Å²) >= 11 is 0. The maximum atomic E-state index is 13.0. The monoisotopic (exact) mass is 381 g/mol. The zero-order valence-corrected chi connectivity index (χ0v) is 15.1. The van der Waals surface area contributed by atoms with Crippen LogP contribution in [0.25, 0.3) is 11.0 Å². The predicted octanol–water partition coefficient (Wildman–Crippen LogP) is 4.00. The number of fused-ring (bicyclic) bond motifs is 1. The van der Waals surface area contributed by atoms with Gasteiger partial charge in [0.05, 0.1) is 17.1 Å². The first-order valence-corrected chi connectivity index (χ1v) is 9.21. The fourth-order valence-corrected chi connectivity index (χ4v) is 4.73. The Morgan fingerprint density at radius 3 is 2.85 bits per heavy atom. The third kappa shape index (κ3) is 3.20. The molecule has 27 heavy (non-hydrogen) atoms. The highest BCUT2D eigenvalue weighted by Crippen LogP contribution is 2.46. The first-order valence-electron chi connectivity index (χ1n) is 9.21. The van der Waals surface area contributed by atoms with Crippen molar-refractivity contribution in [2.45, 2.75) is 44.4 Å². The van der Waals surface area contributed by atoms with Crippen molar-refractivity contribution in [2.75, 3.05) is 20.2 Å². The number of nitrogens with one attached hydrogen (secondary N) is 1. The summed E-state index contributed by atoms with van der Waals surface area (Å²) in [4.78, 5) is 20.7. The Kier molecular flexibility index (Phi) is 4.41. The molecular formula is C19H22F3N3O2. The topological polar surface area (TPSA) is 58.2 Å². The molecular weight excluding hydrogens is 359 g/mol. The third-order valence-electron chi connectivity index (χ3n) is 6.00. The van der Waals surface area contributed by atoms with Gasteiger partial charge in [-0.3, -0.25) is 4.79 Å². The molecule has 1 N–H and O–H groups in total. The smallest absolute Gasteiger partial charge is 0.381 e. The van der Waals surface area contributed by atoms with Crippen LogP contribution in [0, 0.1) is 5.41 Å². The summed E-state index contributed by atoms with van der Waals surface area (Å²) in [6.45, 7) is 1.30. The lowest BCUT2D eigenvalue weighted by molar-refractivity contribution is -0.144. The van der Waals surface area contributed by atoms with Gasteiger partial charge < -0.3 is 14.6 Å². The molecule has 8 heteroatoms. The van der Waals surface area contributed by atoms with E-state index in [1.807, 2.05) is 4.90 Å². The first kappa shape index (κ1) is 18.3. The number of alkyl halides is 3. The van der Waals surface area contributed by atoms with Gasteiger partial charge in [0.25, 0.3) is 5.91 Å². The minimum atomic E-state index is -4.54. The third-order valence-corrected chi connectivity index (χ3v) is 6.00. The van der Waals surface area contributed by atoms with Gasteiger partial charge in [-0.25, -0.2) is 4.98 Å². The Hall–Kier alpha value is -2.09. The number of amides is 1. The van der Waals surface area contributed by atoms with Crippen LogP contribution in [0.4, 0.5) is 13.2 Å². The average molecular weight is 381 g/mol. The number of benzene rings is 1. The van der Waals surface area contributed by atoms with Crippen molar-refractivity contribution in [3.63, 3.8) is 0 Å². The first-order chi connectivity index (χ1) is 12.8. The Bertz CT molecular complexity index is 863. The van der Waals surface area contributed by atoms with Crippen LogP contribution >= 0.6 is 0 Å². The fraction of sp³-hybridized carbons (Fsp3) is 0.579. The van der Waals surface area contributed by atoms with E-state index in [0.717, 1.165) is 32.1 Å². The molecule has 1 aliphatic carbocycles. The zero-order valence-electron chi connectivity index (χ0n) is 15.1. The van der Waals surface area contributed by atoms with E-state index in [-0.39, 0.29) is 28.5 Å². The average Bonchev–Trinajstić information content (AvgIpc) is 3.24. The maximum Gasteiger partial charge on any atom is 0.449 e. The number of ether oxygens (including phenoxy) is 1. The van der Waals surface area contributed by atoms with Crippen LogP contribution in [-0.4, -0.2) is 47.1 Å². The number of methoxy groups -OCH3 is 1. The molecule has 1 saturated heterocycles. The van der Waals surface area contributed by atoms with Crippen molar-refractivity contribution >= 4 is 16.9 Å². The van der Waals surface area contributed by atoms with Gasteiger partial charge in [0.2, 0.25) is 5.82 Å². The van der Waals surface area contributed by atoms with E-state index in [0.29, 0.717) is 18.7 Å². The SMILES string of the molecule is CO[C@@H]1CCC[C@]12CCCN(C(=O)c1ccc3nc(C(F)(F)F)[nH]c3c1)C2. The number of aromatic amines is 1. The van der Waals surface area contributed by atoms with E-state index in [2.05, 4.69) is 9.97 Å². The van der Waals surface area contributed by atoms with Crippen molar-refractivity contribution in [2.24, 2.45) is 5.41 Å². The maximum absolute atomic E-state index is 13.0. The number of halogens is 3. The molecule has 1 saturated carbocycles. The molecule has 2 fully saturated rings. The molecule has 1 amide bonds. The normalized spacial score (nSPS) is 26.2. The molecule has 2 aromatic rings. The molecule has 5 nitrogen and oxygen atoms in total. The number of H-pyrrole nitrogens is 1. The van der Waals surface area contributed by atoms with Crippen LogP contribution < -0.4 is 0 Å². The van der Waals surface area contributed by atoms with Gasteiger partial charge in [0, 0.05) is 31.2 Å². The molecule has 4 rings (SSSR count). The largest absolute Gasteiger partial charge is 0.449 e. The summed E-state index contributed by atoms with van der Waals surface area (Å²) in [6.07, 6.45) is 0.737. The van der Waals surface area contributed by atoms with E-state index in [1.54, 1.807) is 13.2 Å². The summed E-state index contributed by atoms with van der Waals surface area (Å²) < 4.78 is 44.2. The van der Waals surface area contributed by atoms with Crippen LogP contribution in [0.3, 0.4) is 0 Å². The van der Waals surface area contributed by atoms with Gasteiger partial charge in [-0.05, 0) is 43.9 Å². The quantitative estimate of drug-likeness (QED) is 0.855. The Balaban J connectivity index is 1.58. The summed E-state index contributed by atoms with van der Waals surface area (Å²) in [5, 5.41) is 0. The second-order valence-electron chi connectivity index (χ2n) is 7.62. The van der Waals surface area contributed by atoms with E-state index >= 15 is 0 Å². The molecule has 1 aromatic carbocycles. The predicted molar refractivity (Wildman–Crippen MR) is 93.3 cm³/mol. The number of aromatic nitrogens is 2. The van der Waals surface area contributed by atoms with Crippen LogP contribution in [0.5, 0.6) is 0 Å². The lowest BCUT2D eigenvalue weighted by Crippen LogP contribution is -2.49. The number of likely N-dealkylation sites (tertiary alicyclic amines) is 1. The van der Waals surface area contributed by atoms with Crippen LogP contribution in [0.1, 0.15) is 48.3 Å². The molecule has 1 aromatic heterocycles. The van der Waals surface area contributed by atoms with Crippen molar-refractivity contribution in [1.29, 1.82) is 0 Å². The lowest BCUT2D eigenvalue weighted by Gasteiger charge is -2.43. The molecule has 0 radical (unpaired) electrons. The number of hydrogen-bond acceptors (Lipinski definition) is 3. The number of carbonyl (C=O) groups excluding carboxylic acids is 1. The highest BCUT2D eigenvalue weighted by Gasteiger charge is 2.46. The van der Waals surface area contributed by atoms with Crippen LogP contribution in [-0.2, 0) is 10.9 Å². The molecule has 2 atom stereocenters. The van der Waals surface area contributed by atoms with Gasteiger partial charge in [-0.1, -0.05) is 6.42 Å². The lowest BCUT2D eigenvalue weighted by atomic mass is 9.76. The molecule has 2 aliphatic rings. The second kappa shape index (κ2) is 6.51. The van der Waals surface area contributed by atoms with Gasteiger partial charge in [0.1, 0.15) is 0 Å². The van der Waals surface area contributed by atoms with Gasteiger partial charge in [0.15, 0.2) is 0 Å². The van der Waals surface area contributed by atoms with Gasteiger partial charge in [-0.2, -0.15) is 13.2 Å². The van der Waals surface area contributed by atoms with Crippen LogP contribution in [0.2, 0.25) is 0 Å². The van der Waals surface area contributed by atoms with Gasteiger partial charge in [-0.15, -0.1) is 0 Å². The standard InChI is InChI=1S/C19H22F3N3O2/c1-27-15-4-2-7-18(15)8-3-9-25(11-18)16(26)12-5-6-13-14(10-12)24-17(23-13)19(20,21)22/h5-6,10,15H,2-4,7-9,11H2,1H3,(H,23,24)/t15-,18-/m1/s1. The zero-order chi connectivity index (χ0) is 19.2. The minimum absolute atomic E-state index is 0.00417. The second-order valence-corrected chi connectivity index (χ2v) is 7.62. The minimum Gasteiger partial charge on any atom is -0.381 e. The number of hydrogen-bond donors (Lipinski definition) is 1. The Morgan fingerprint density at radius 1 is 1.33 bits per heavy atom. The summed E-state index contributed by atoms with van der Waals surface area (Å²) in [6, 6.07) is 4.47. The highest BCUT2D eigenvalue weighted by atomic mass is 19.4. The molecule has 1 spiro atoms. The molecule has 0 unspecified atom stereocenters. The summed E-state index contributed by atoms with van der Waals surface area (Å²) in [5.41, 5.74) is 0.799. The highest BCUT2D eigenvalue weighted by molar-refractivity contribution is 5.97. The van der Waals surface area contributed by atoms with E-state index in [1.165, 1.54) is 12.1 Å². The number of piperidine rings is 1. The van der Waals surface area contributed by atoms with E-state index in [9.17, 15) is 18.0 Å². The number of rotatable bonds is 2. The van der Waals surface area contributed by atoms with Gasteiger partial charge >= 0.3 is 6.18 Å². The molecule has 146 valence electrons. The fourth-order valence-electron chi connectivity index (χ4n) is 4.73. The van der Waals surface area contributed by atoms with E-state index < -0.39 is 12.0 Å². The molecule has 2 heterocycles. The summed E-state index contributed by atoms with van der Waals surface area (Å²) in [5.74, 6) is -1.20. The van der Waals surface area contributed by atoms with Crippen molar-refractivity contribution in [1.82, 2.24) is 14.9 Å². The Morgan fingerprint density at radius 2 is 2.11 bits per heavy atom. The van der Waals surface area contributed by atoms with Crippen molar-refractivity contribution in [3.8, 4) is 0 Å². The van der Waals surface area contributed by atoms with Crippen molar-refractivity contribution in [3.05, 3.63) is 29.6 Å². The summed E-state index contributed by atoms with van der Waals surface area (Å²) in [7, 11) is 1.73. The molecule has 1 aliphatic heterocycles.